The number of carbonyl (C=O) groups is 1. The van der Waals surface area contributed by atoms with Crippen molar-refractivity contribution in [3.05, 3.63) is 85.1 Å². The van der Waals surface area contributed by atoms with E-state index < -0.39 is 13.9 Å². The number of phosphoric acid groups is 1. The number of esters is 1. The maximum atomic E-state index is 12.7. The zero-order chi connectivity index (χ0) is 48.0. The van der Waals surface area contributed by atoms with Gasteiger partial charge in [-0.05, 0) is 89.9 Å². The van der Waals surface area contributed by atoms with Gasteiger partial charge < -0.3 is 20.1 Å². The zero-order valence-electron chi connectivity index (χ0n) is 42.7. The van der Waals surface area contributed by atoms with E-state index in [-0.39, 0.29) is 32.3 Å². The normalized spacial score (nSPS) is 13.9. The zero-order valence-corrected chi connectivity index (χ0v) is 43.6. The summed E-state index contributed by atoms with van der Waals surface area (Å²) in [4.78, 5) is 22.6. The molecule has 0 rings (SSSR count). The van der Waals surface area contributed by atoms with Crippen molar-refractivity contribution in [2.24, 2.45) is 5.73 Å². The lowest BCUT2D eigenvalue weighted by Gasteiger charge is -2.20. The summed E-state index contributed by atoms with van der Waals surface area (Å²) in [5.41, 5.74) is 5.40. The van der Waals surface area contributed by atoms with E-state index in [1.807, 2.05) is 0 Å². The molecule has 66 heavy (non-hydrogen) atoms. The first-order chi connectivity index (χ1) is 32.4. The van der Waals surface area contributed by atoms with Crippen LogP contribution in [0.2, 0.25) is 0 Å². The first-order valence-electron chi connectivity index (χ1n) is 27.1. The van der Waals surface area contributed by atoms with E-state index in [4.69, 9.17) is 24.3 Å². The first kappa shape index (κ1) is 63.7. The van der Waals surface area contributed by atoms with Gasteiger partial charge in [-0.1, -0.05) is 221 Å². The molecule has 0 radical (unpaired) electrons. The molecular weight excluding hydrogens is 842 g/mol. The summed E-state index contributed by atoms with van der Waals surface area (Å²) >= 11 is 0. The Bertz CT molecular complexity index is 1290. The summed E-state index contributed by atoms with van der Waals surface area (Å²) in [6.07, 6.45) is 70.5. The van der Waals surface area contributed by atoms with E-state index in [2.05, 4.69) is 98.9 Å². The van der Waals surface area contributed by atoms with Crippen molar-refractivity contribution in [2.75, 3.05) is 33.0 Å². The molecule has 0 bridgehead atoms. The molecule has 0 heterocycles. The van der Waals surface area contributed by atoms with Gasteiger partial charge in [0.1, 0.15) is 6.10 Å². The van der Waals surface area contributed by atoms with Crippen LogP contribution in [0.25, 0.3) is 0 Å². The molecule has 0 amide bonds. The molecule has 0 aromatic carbocycles. The number of phosphoric ester groups is 1. The van der Waals surface area contributed by atoms with Gasteiger partial charge in [-0.2, -0.15) is 0 Å². The fourth-order valence-electron chi connectivity index (χ4n) is 7.35. The number of allylic oxidation sites excluding steroid dienone is 14. The van der Waals surface area contributed by atoms with Crippen LogP contribution in [0.3, 0.4) is 0 Å². The molecule has 8 nitrogen and oxygen atoms in total. The summed E-state index contributed by atoms with van der Waals surface area (Å²) in [6.45, 7) is 4.79. The van der Waals surface area contributed by atoms with E-state index in [0.717, 1.165) is 83.5 Å². The minimum atomic E-state index is -4.29. The Balaban J connectivity index is 3.96. The Morgan fingerprint density at radius 3 is 1.27 bits per heavy atom. The van der Waals surface area contributed by atoms with Gasteiger partial charge in [-0.15, -0.1) is 0 Å². The lowest BCUT2D eigenvalue weighted by molar-refractivity contribution is -0.154. The summed E-state index contributed by atoms with van der Waals surface area (Å²) in [5, 5.41) is 0. The van der Waals surface area contributed by atoms with Crippen molar-refractivity contribution >= 4 is 13.8 Å². The van der Waals surface area contributed by atoms with Crippen LogP contribution >= 0.6 is 7.82 Å². The predicted octanol–water partition coefficient (Wildman–Crippen LogP) is 17.2. The van der Waals surface area contributed by atoms with Crippen molar-refractivity contribution in [1.29, 1.82) is 0 Å². The monoisotopic (exact) mass is 944 g/mol. The summed E-state index contributed by atoms with van der Waals surface area (Å²) in [7, 11) is -4.29. The standard InChI is InChI=1S/C57H102NO7P/c1-3-5-7-9-11-13-15-17-19-21-23-25-27-29-31-33-35-37-39-41-43-45-47-49-52-62-54-56(55-64-66(60,61)63-53-51-58)65-57(59)50-48-46-44-42-40-38-36-34-32-30-28-26-24-22-20-18-16-14-12-10-8-6-4-2/h6,8,12,14-15,17-18,20-21,23-24,26,30,32,56H,3-5,7,9-11,13,16,19,22,25,27-29,31,33-55,58H2,1-2H3,(H,60,61)/b8-6-,14-12-,17-15-,20-18-,23-21-,26-24-,32-30-. The van der Waals surface area contributed by atoms with Crippen LogP contribution in [0.4, 0.5) is 0 Å². The fraction of sp³-hybridized carbons (Fsp3) is 0.737. The SMILES string of the molecule is CC/C=C\C/C=C\C/C=C\C/C=C\C/C=C\CCCCCCCCCC(=O)OC(COCCCCCCCCCCCCCC/C=C\C/C=C\CCCCCCC)COP(=O)(O)OCCN. The smallest absolute Gasteiger partial charge is 0.457 e. The van der Waals surface area contributed by atoms with E-state index in [1.165, 1.54) is 128 Å². The van der Waals surface area contributed by atoms with E-state index >= 15 is 0 Å². The third-order valence-electron chi connectivity index (χ3n) is 11.3. The highest BCUT2D eigenvalue weighted by molar-refractivity contribution is 7.47. The molecule has 0 saturated carbocycles. The van der Waals surface area contributed by atoms with E-state index in [1.54, 1.807) is 0 Å². The largest absolute Gasteiger partial charge is 0.472 e. The van der Waals surface area contributed by atoms with Gasteiger partial charge in [0.25, 0.3) is 0 Å². The molecule has 3 N–H and O–H groups in total. The van der Waals surface area contributed by atoms with Crippen LogP contribution in [-0.4, -0.2) is 49.9 Å². The van der Waals surface area contributed by atoms with Gasteiger partial charge in [0.2, 0.25) is 0 Å². The topological polar surface area (TPSA) is 117 Å². The van der Waals surface area contributed by atoms with Gasteiger partial charge in [0.15, 0.2) is 0 Å². The highest BCUT2D eigenvalue weighted by Gasteiger charge is 2.25. The fourth-order valence-corrected chi connectivity index (χ4v) is 8.11. The average molecular weight is 944 g/mol. The number of carbonyl (C=O) groups excluding carboxylic acids is 1. The van der Waals surface area contributed by atoms with Crippen LogP contribution in [0.1, 0.15) is 232 Å². The summed E-state index contributed by atoms with van der Waals surface area (Å²) in [6, 6.07) is 0. The summed E-state index contributed by atoms with van der Waals surface area (Å²) in [5.74, 6) is -0.342. The Hall–Kier alpha value is -2.32. The van der Waals surface area contributed by atoms with Gasteiger partial charge >= 0.3 is 13.8 Å². The second kappa shape index (κ2) is 53.6. The van der Waals surface area contributed by atoms with Gasteiger partial charge in [0, 0.05) is 19.6 Å². The lowest BCUT2D eigenvalue weighted by atomic mass is 10.0. The molecule has 382 valence electrons. The van der Waals surface area contributed by atoms with Crippen molar-refractivity contribution in [3.63, 3.8) is 0 Å². The molecule has 2 unspecified atom stereocenters. The molecule has 0 fully saturated rings. The van der Waals surface area contributed by atoms with E-state index in [9.17, 15) is 14.3 Å². The molecule has 0 aromatic heterocycles. The molecule has 0 aliphatic carbocycles. The first-order valence-corrected chi connectivity index (χ1v) is 28.6. The van der Waals surface area contributed by atoms with Crippen LogP contribution in [0, 0.1) is 0 Å². The number of ether oxygens (including phenoxy) is 2. The molecule has 2 atom stereocenters. The Morgan fingerprint density at radius 2 is 0.848 bits per heavy atom. The van der Waals surface area contributed by atoms with Gasteiger partial charge in [0.05, 0.1) is 19.8 Å². The number of hydrogen-bond acceptors (Lipinski definition) is 7. The number of hydrogen-bond donors (Lipinski definition) is 2. The average Bonchev–Trinajstić information content (AvgIpc) is 3.31. The molecule has 0 spiro atoms. The summed E-state index contributed by atoms with van der Waals surface area (Å²) < 4.78 is 33.6. The number of rotatable bonds is 51. The van der Waals surface area contributed by atoms with Crippen molar-refractivity contribution in [3.8, 4) is 0 Å². The Kier molecular flexibility index (Phi) is 51.7. The molecule has 0 saturated heterocycles. The molecule has 0 aliphatic rings. The third-order valence-corrected chi connectivity index (χ3v) is 12.3. The Labute approximate surface area is 407 Å². The predicted molar refractivity (Wildman–Crippen MR) is 284 cm³/mol. The Morgan fingerprint density at radius 1 is 0.470 bits per heavy atom. The minimum absolute atomic E-state index is 0.0944. The van der Waals surface area contributed by atoms with Gasteiger partial charge in [-0.3, -0.25) is 13.8 Å². The highest BCUT2D eigenvalue weighted by atomic mass is 31.2. The maximum Gasteiger partial charge on any atom is 0.472 e. The van der Waals surface area contributed by atoms with Gasteiger partial charge in [-0.25, -0.2) is 4.57 Å². The molecular formula is C57H102NO7P. The van der Waals surface area contributed by atoms with Crippen LogP contribution < -0.4 is 5.73 Å². The quantitative estimate of drug-likeness (QED) is 0.0268. The second-order valence-corrected chi connectivity index (χ2v) is 19.2. The van der Waals surface area contributed by atoms with Crippen LogP contribution in [-0.2, 0) is 27.9 Å². The third kappa shape index (κ3) is 52.6. The lowest BCUT2D eigenvalue weighted by Crippen LogP contribution is -2.28. The van der Waals surface area contributed by atoms with Crippen LogP contribution in [0.15, 0.2) is 85.1 Å². The second-order valence-electron chi connectivity index (χ2n) is 17.7. The number of nitrogens with two attached hydrogens (primary N) is 1. The van der Waals surface area contributed by atoms with Crippen molar-refractivity contribution in [1.82, 2.24) is 0 Å². The molecule has 9 heteroatoms. The number of unbranched alkanes of at least 4 members (excludes halogenated alkanes) is 24. The van der Waals surface area contributed by atoms with Crippen molar-refractivity contribution in [2.45, 2.75) is 238 Å². The maximum absolute atomic E-state index is 12.7. The molecule has 0 aromatic rings. The van der Waals surface area contributed by atoms with Crippen LogP contribution in [0.5, 0.6) is 0 Å². The molecule has 0 aliphatic heterocycles. The van der Waals surface area contributed by atoms with E-state index in [0.29, 0.717) is 13.0 Å². The minimum Gasteiger partial charge on any atom is -0.457 e. The van der Waals surface area contributed by atoms with Crippen molar-refractivity contribution < 1.29 is 32.8 Å². The highest BCUT2D eigenvalue weighted by Crippen LogP contribution is 2.43.